The number of nitrogens with one attached hydrogen (secondary N) is 1. The Bertz CT molecular complexity index is 429. The zero-order valence-corrected chi connectivity index (χ0v) is 11.3. The van der Waals surface area contributed by atoms with Crippen molar-refractivity contribution in [3.63, 3.8) is 0 Å². The number of thioether (sulfide) groups is 1. The van der Waals surface area contributed by atoms with Gasteiger partial charge in [0.25, 0.3) is 0 Å². The second-order valence-electron chi connectivity index (χ2n) is 4.10. The molecule has 2 aromatic carbocycles. The van der Waals surface area contributed by atoms with E-state index in [1.165, 1.54) is 16.0 Å². The molecule has 0 amide bonds. The van der Waals surface area contributed by atoms with E-state index >= 15 is 0 Å². The average Bonchev–Trinajstić information content (AvgIpc) is 2.46. The fourth-order valence-electron chi connectivity index (χ4n) is 1.71. The van der Waals surface area contributed by atoms with E-state index in [2.05, 4.69) is 60.1 Å². The Morgan fingerprint density at radius 1 is 0.944 bits per heavy atom. The van der Waals surface area contributed by atoms with E-state index in [1.54, 1.807) is 11.8 Å². The van der Waals surface area contributed by atoms with Crippen LogP contribution < -0.4 is 11.1 Å². The molecule has 0 saturated heterocycles. The molecule has 0 aliphatic rings. The van der Waals surface area contributed by atoms with Crippen molar-refractivity contribution in [1.82, 2.24) is 0 Å². The van der Waals surface area contributed by atoms with Gasteiger partial charge in [0, 0.05) is 23.7 Å². The summed E-state index contributed by atoms with van der Waals surface area (Å²) >= 11 is 1.76. The van der Waals surface area contributed by atoms with Crippen LogP contribution in [0.3, 0.4) is 0 Å². The Hall–Kier alpha value is -1.45. The quantitative estimate of drug-likeness (QED) is 0.806. The van der Waals surface area contributed by atoms with Crippen molar-refractivity contribution in [2.24, 2.45) is 5.73 Å². The normalized spacial score (nSPS) is 10.3. The van der Waals surface area contributed by atoms with Crippen LogP contribution in [0.2, 0.25) is 0 Å². The van der Waals surface area contributed by atoms with Crippen LogP contribution in [0, 0.1) is 0 Å². The molecule has 18 heavy (non-hydrogen) atoms. The molecular weight excluding hydrogens is 240 g/mol. The molecule has 0 fully saturated rings. The largest absolute Gasteiger partial charge is 0.381 e. The maximum atomic E-state index is 5.57. The summed E-state index contributed by atoms with van der Waals surface area (Å²) in [4.78, 5) is 1.29. The Morgan fingerprint density at radius 2 is 1.56 bits per heavy atom. The number of anilines is 1. The van der Waals surface area contributed by atoms with Crippen molar-refractivity contribution < 1.29 is 0 Å². The lowest BCUT2D eigenvalue weighted by atomic mass is 10.1. The topological polar surface area (TPSA) is 38.0 Å². The third-order valence-corrected chi connectivity index (χ3v) is 3.59. The van der Waals surface area contributed by atoms with Gasteiger partial charge in [0.15, 0.2) is 0 Å². The molecular formula is C15H18N2S. The van der Waals surface area contributed by atoms with Crippen LogP contribution in [0.1, 0.15) is 11.1 Å². The van der Waals surface area contributed by atoms with Crippen LogP contribution in [0.4, 0.5) is 5.69 Å². The summed E-state index contributed by atoms with van der Waals surface area (Å²) < 4.78 is 0. The first-order chi connectivity index (χ1) is 8.81. The van der Waals surface area contributed by atoms with Gasteiger partial charge in [-0.15, -0.1) is 11.8 Å². The number of hydrogen-bond donors (Lipinski definition) is 2. The van der Waals surface area contributed by atoms with Crippen molar-refractivity contribution >= 4 is 17.4 Å². The van der Waals surface area contributed by atoms with Gasteiger partial charge in [-0.2, -0.15) is 0 Å². The van der Waals surface area contributed by atoms with Crippen LogP contribution in [0.5, 0.6) is 0 Å². The molecule has 0 atom stereocenters. The molecule has 94 valence electrons. The Morgan fingerprint density at radius 3 is 2.11 bits per heavy atom. The van der Waals surface area contributed by atoms with Crippen LogP contribution in [0.25, 0.3) is 0 Å². The van der Waals surface area contributed by atoms with E-state index in [4.69, 9.17) is 5.73 Å². The van der Waals surface area contributed by atoms with Crippen molar-refractivity contribution in [1.29, 1.82) is 0 Å². The third-order valence-electron chi connectivity index (χ3n) is 2.85. The van der Waals surface area contributed by atoms with E-state index in [0.29, 0.717) is 6.54 Å². The summed E-state index contributed by atoms with van der Waals surface area (Å²) in [5, 5.41) is 3.41. The molecule has 0 aromatic heterocycles. The van der Waals surface area contributed by atoms with E-state index in [0.717, 1.165) is 12.2 Å². The monoisotopic (exact) mass is 258 g/mol. The molecule has 0 bridgehead atoms. The highest BCUT2D eigenvalue weighted by molar-refractivity contribution is 7.98. The number of nitrogens with two attached hydrogens (primary N) is 1. The molecule has 0 unspecified atom stereocenters. The lowest BCUT2D eigenvalue weighted by Crippen LogP contribution is -2.00. The Labute approximate surface area is 113 Å². The van der Waals surface area contributed by atoms with Crippen LogP contribution in [0.15, 0.2) is 53.4 Å². The molecule has 3 heteroatoms. The molecule has 0 saturated carbocycles. The van der Waals surface area contributed by atoms with Gasteiger partial charge in [-0.25, -0.2) is 0 Å². The van der Waals surface area contributed by atoms with Gasteiger partial charge in [0.2, 0.25) is 0 Å². The van der Waals surface area contributed by atoms with E-state index in [1.807, 2.05) is 0 Å². The number of hydrogen-bond acceptors (Lipinski definition) is 3. The van der Waals surface area contributed by atoms with Crippen molar-refractivity contribution in [3.8, 4) is 0 Å². The average molecular weight is 258 g/mol. The first kappa shape index (κ1) is 13.0. The zero-order valence-electron chi connectivity index (χ0n) is 10.5. The van der Waals surface area contributed by atoms with Crippen LogP contribution in [-0.4, -0.2) is 6.26 Å². The van der Waals surface area contributed by atoms with Gasteiger partial charge in [-0.05, 0) is 41.6 Å². The molecule has 0 aliphatic carbocycles. The van der Waals surface area contributed by atoms with E-state index in [-0.39, 0.29) is 0 Å². The first-order valence-electron chi connectivity index (χ1n) is 5.97. The highest BCUT2D eigenvalue weighted by Crippen LogP contribution is 2.18. The highest BCUT2D eigenvalue weighted by Gasteiger charge is 1.95. The van der Waals surface area contributed by atoms with Gasteiger partial charge in [-0.1, -0.05) is 24.3 Å². The lowest BCUT2D eigenvalue weighted by molar-refractivity contribution is 1.06. The lowest BCUT2D eigenvalue weighted by Gasteiger charge is -2.07. The fraction of sp³-hybridized carbons (Fsp3) is 0.200. The minimum atomic E-state index is 0.601. The molecule has 3 N–H and O–H groups in total. The van der Waals surface area contributed by atoms with E-state index < -0.39 is 0 Å². The van der Waals surface area contributed by atoms with Crippen molar-refractivity contribution in [2.45, 2.75) is 18.0 Å². The summed E-state index contributed by atoms with van der Waals surface area (Å²) in [5.74, 6) is 0. The standard InChI is InChI=1S/C15H18N2S/c1-18-15-8-6-14(7-9-15)17-11-13-4-2-12(10-16)3-5-13/h2-9,17H,10-11,16H2,1H3. The maximum Gasteiger partial charge on any atom is 0.0400 e. The molecule has 0 spiro atoms. The third kappa shape index (κ3) is 3.52. The summed E-state index contributed by atoms with van der Waals surface area (Å²) in [6.45, 7) is 1.44. The van der Waals surface area contributed by atoms with Crippen LogP contribution >= 0.6 is 11.8 Å². The maximum absolute atomic E-state index is 5.57. The molecule has 0 aliphatic heterocycles. The number of benzene rings is 2. The summed E-state index contributed by atoms with van der Waals surface area (Å²) in [6.07, 6.45) is 2.08. The smallest absolute Gasteiger partial charge is 0.0400 e. The predicted octanol–water partition coefficient (Wildman–Crippen LogP) is 3.48. The minimum Gasteiger partial charge on any atom is -0.381 e. The number of rotatable bonds is 5. The predicted molar refractivity (Wildman–Crippen MR) is 79.9 cm³/mol. The first-order valence-corrected chi connectivity index (χ1v) is 7.20. The summed E-state index contributed by atoms with van der Waals surface area (Å²) in [7, 11) is 0. The Kier molecular flexibility index (Phi) is 4.67. The van der Waals surface area contributed by atoms with Crippen molar-refractivity contribution in [3.05, 3.63) is 59.7 Å². The molecule has 2 rings (SSSR count). The SMILES string of the molecule is CSc1ccc(NCc2ccc(CN)cc2)cc1. The van der Waals surface area contributed by atoms with Gasteiger partial charge >= 0.3 is 0 Å². The minimum absolute atomic E-state index is 0.601. The van der Waals surface area contributed by atoms with Crippen LogP contribution in [-0.2, 0) is 13.1 Å². The molecule has 0 heterocycles. The molecule has 2 aromatic rings. The second kappa shape index (κ2) is 6.47. The van der Waals surface area contributed by atoms with E-state index in [9.17, 15) is 0 Å². The van der Waals surface area contributed by atoms with Crippen molar-refractivity contribution in [2.75, 3.05) is 11.6 Å². The summed E-state index contributed by atoms with van der Waals surface area (Å²) in [5.41, 5.74) is 9.16. The second-order valence-corrected chi connectivity index (χ2v) is 4.98. The molecule has 2 nitrogen and oxygen atoms in total. The molecule has 0 radical (unpaired) electrons. The highest BCUT2D eigenvalue weighted by atomic mass is 32.2. The van der Waals surface area contributed by atoms with Gasteiger partial charge in [0.1, 0.15) is 0 Å². The fourth-order valence-corrected chi connectivity index (χ4v) is 2.11. The van der Waals surface area contributed by atoms with Gasteiger partial charge in [0.05, 0.1) is 0 Å². The van der Waals surface area contributed by atoms with Gasteiger partial charge in [-0.3, -0.25) is 0 Å². The van der Waals surface area contributed by atoms with Gasteiger partial charge < -0.3 is 11.1 Å². The Balaban J connectivity index is 1.93. The zero-order chi connectivity index (χ0) is 12.8. The summed E-state index contributed by atoms with van der Waals surface area (Å²) in [6, 6.07) is 16.9.